The van der Waals surface area contributed by atoms with Crippen LogP contribution in [-0.2, 0) is 14.3 Å². The molecule has 0 spiro atoms. The van der Waals surface area contributed by atoms with E-state index in [1.54, 1.807) is 7.11 Å². The number of methoxy groups -OCH3 is 1. The summed E-state index contributed by atoms with van der Waals surface area (Å²) in [6.07, 6.45) is 26.8. The average molecular weight is 541 g/mol. The third-order valence-electron chi connectivity index (χ3n) is 7.55. The maximum atomic E-state index is 12.7. The van der Waals surface area contributed by atoms with Crippen molar-refractivity contribution in [3.05, 3.63) is 0 Å². The molecule has 0 saturated carbocycles. The summed E-state index contributed by atoms with van der Waals surface area (Å²) in [5.41, 5.74) is 0. The second-order valence-corrected chi connectivity index (χ2v) is 11.3. The van der Waals surface area contributed by atoms with Crippen LogP contribution in [0.25, 0.3) is 0 Å². The molecule has 5 heteroatoms. The monoisotopic (exact) mass is 541 g/mol. The number of hydrogen-bond acceptors (Lipinski definition) is 5. The van der Waals surface area contributed by atoms with Crippen molar-refractivity contribution in [2.75, 3.05) is 46.5 Å². The maximum absolute atomic E-state index is 12.7. The molecule has 38 heavy (non-hydrogen) atoms. The highest BCUT2D eigenvalue weighted by Gasteiger charge is 2.19. The molecule has 1 atom stereocenters. The number of carbonyl (C=O) groups excluding carboxylic acids is 1. The van der Waals surface area contributed by atoms with Crippen molar-refractivity contribution in [3.63, 3.8) is 0 Å². The summed E-state index contributed by atoms with van der Waals surface area (Å²) in [6.45, 7) is 10.5. The van der Waals surface area contributed by atoms with Crippen LogP contribution in [0.5, 0.6) is 0 Å². The van der Waals surface area contributed by atoms with E-state index in [0.717, 1.165) is 58.5 Å². The van der Waals surface area contributed by atoms with Crippen LogP contribution in [0.4, 0.5) is 0 Å². The summed E-state index contributed by atoms with van der Waals surface area (Å²) < 4.78 is 10.8. The highest BCUT2D eigenvalue weighted by Crippen LogP contribution is 2.20. The minimum atomic E-state index is 0.0771. The van der Waals surface area contributed by atoms with Crippen molar-refractivity contribution < 1.29 is 14.3 Å². The first-order valence-corrected chi connectivity index (χ1v) is 16.8. The fraction of sp³-hybridized carbons (Fsp3) is 0.970. The van der Waals surface area contributed by atoms with Crippen LogP contribution in [0.3, 0.4) is 0 Å². The zero-order valence-corrected chi connectivity index (χ0v) is 26.1. The van der Waals surface area contributed by atoms with Gasteiger partial charge in [0.05, 0.1) is 12.5 Å². The van der Waals surface area contributed by atoms with Gasteiger partial charge in [-0.1, -0.05) is 104 Å². The molecule has 0 aliphatic carbocycles. The molecule has 0 radical (unpaired) electrons. The Morgan fingerprint density at radius 3 is 1.45 bits per heavy atom. The predicted octanol–water partition coefficient (Wildman–Crippen LogP) is 8.59. The molecule has 228 valence electrons. The highest BCUT2D eigenvalue weighted by molar-refractivity contribution is 5.72. The lowest BCUT2D eigenvalue weighted by molar-refractivity contribution is -0.149. The van der Waals surface area contributed by atoms with E-state index in [1.807, 2.05) is 0 Å². The summed E-state index contributed by atoms with van der Waals surface area (Å²) in [5.74, 6) is 0.205. The van der Waals surface area contributed by atoms with E-state index in [2.05, 4.69) is 24.5 Å². The number of unbranched alkanes of at least 4 members (excludes halogenated alkanes) is 15. The molecular weight excluding hydrogens is 472 g/mol. The van der Waals surface area contributed by atoms with E-state index in [0.29, 0.717) is 6.61 Å². The van der Waals surface area contributed by atoms with Crippen molar-refractivity contribution >= 4 is 5.97 Å². The van der Waals surface area contributed by atoms with Crippen molar-refractivity contribution in [3.8, 4) is 0 Å². The van der Waals surface area contributed by atoms with E-state index in [4.69, 9.17) is 9.47 Å². The first-order chi connectivity index (χ1) is 18.8. The number of carbonyl (C=O) groups is 1. The predicted molar refractivity (Wildman–Crippen MR) is 165 cm³/mol. The Morgan fingerprint density at radius 1 is 0.526 bits per heavy atom. The number of nitrogens with one attached hydrogen (secondary N) is 2. The second-order valence-electron chi connectivity index (χ2n) is 11.3. The third-order valence-corrected chi connectivity index (χ3v) is 7.55. The molecule has 0 heterocycles. The third kappa shape index (κ3) is 28.4. The molecule has 0 bridgehead atoms. The van der Waals surface area contributed by atoms with Gasteiger partial charge in [0.1, 0.15) is 0 Å². The largest absolute Gasteiger partial charge is 0.465 e. The lowest BCUT2D eigenvalue weighted by Gasteiger charge is -2.16. The number of hydrogen-bond donors (Lipinski definition) is 2. The molecule has 1 unspecified atom stereocenters. The van der Waals surface area contributed by atoms with E-state index in [9.17, 15) is 4.79 Å². The van der Waals surface area contributed by atoms with Gasteiger partial charge in [0.2, 0.25) is 0 Å². The summed E-state index contributed by atoms with van der Waals surface area (Å²) in [4.78, 5) is 12.7. The van der Waals surface area contributed by atoms with Gasteiger partial charge >= 0.3 is 5.97 Å². The van der Waals surface area contributed by atoms with Crippen molar-refractivity contribution in [1.29, 1.82) is 0 Å². The average Bonchev–Trinajstić information content (AvgIpc) is 2.92. The zero-order chi connectivity index (χ0) is 27.8. The van der Waals surface area contributed by atoms with Gasteiger partial charge < -0.3 is 20.1 Å². The normalized spacial score (nSPS) is 12.2. The van der Waals surface area contributed by atoms with Gasteiger partial charge in [-0.15, -0.1) is 0 Å². The quantitative estimate of drug-likeness (QED) is 0.0661. The topological polar surface area (TPSA) is 59.6 Å². The Labute approximate surface area is 238 Å². The molecule has 0 amide bonds. The minimum absolute atomic E-state index is 0.0771. The Bertz CT molecular complexity index is 462. The first kappa shape index (κ1) is 37.4. The van der Waals surface area contributed by atoms with Gasteiger partial charge in [-0.2, -0.15) is 0 Å². The number of esters is 1. The Balaban J connectivity index is 3.60. The van der Waals surface area contributed by atoms with Crippen molar-refractivity contribution in [2.45, 2.75) is 155 Å². The summed E-state index contributed by atoms with van der Waals surface area (Å²) >= 11 is 0. The second kappa shape index (κ2) is 32.6. The van der Waals surface area contributed by atoms with Gasteiger partial charge in [-0.25, -0.2) is 0 Å². The minimum Gasteiger partial charge on any atom is -0.465 e. The zero-order valence-electron chi connectivity index (χ0n) is 26.1. The summed E-state index contributed by atoms with van der Waals surface area (Å²) in [6, 6.07) is 0. The van der Waals surface area contributed by atoms with Gasteiger partial charge in [-0.05, 0) is 77.5 Å². The van der Waals surface area contributed by atoms with Crippen LogP contribution in [-0.4, -0.2) is 52.5 Å². The maximum Gasteiger partial charge on any atom is 0.308 e. The molecule has 0 aromatic heterocycles. The number of rotatable bonds is 32. The molecule has 0 aliphatic heterocycles. The Hall–Kier alpha value is -0.650. The first-order valence-electron chi connectivity index (χ1n) is 16.8. The van der Waals surface area contributed by atoms with Crippen LogP contribution in [0.1, 0.15) is 155 Å². The van der Waals surface area contributed by atoms with Crippen LogP contribution in [0.15, 0.2) is 0 Å². The van der Waals surface area contributed by atoms with E-state index >= 15 is 0 Å². The van der Waals surface area contributed by atoms with Crippen LogP contribution < -0.4 is 10.6 Å². The molecule has 0 aliphatic rings. The molecule has 0 saturated heterocycles. The van der Waals surface area contributed by atoms with Crippen molar-refractivity contribution in [1.82, 2.24) is 10.6 Å². The smallest absolute Gasteiger partial charge is 0.308 e. The summed E-state index contributed by atoms with van der Waals surface area (Å²) in [7, 11) is 1.78. The van der Waals surface area contributed by atoms with Crippen molar-refractivity contribution in [2.24, 2.45) is 5.92 Å². The van der Waals surface area contributed by atoms with Gasteiger partial charge in [0.25, 0.3) is 0 Å². The van der Waals surface area contributed by atoms with E-state index < -0.39 is 0 Å². The molecule has 0 rings (SSSR count). The standard InChI is InChI=1S/C33H68N2O3/c1-4-6-8-10-11-17-25-32(24-16-9-7-5-2)33(36)38-31-23-15-13-19-27-35-29-21-20-28-34-26-18-12-14-22-30-37-3/h32,34-35H,4-31H2,1-3H3. The SMILES string of the molecule is CCCCCCCCC(CCCCCC)C(=O)OCCCCCCNCCCCNCCCCCCOC. The van der Waals surface area contributed by atoms with E-state index in [-0.39, 0.29) is 11.9 Å². The van der Waals surface area contributed by atoms with Crippen LogP contribution in [0, 0.1) is 5.92 Å². The fourth-order valence-corrected chi connectivity index (χ4v) is 4.96. The fourth-order valence-electron chi connectivity index (χ4n) is 4.96. The molecule has 0 fully saturated rings. The molecule has 0 aromatic rings. The lowest BCUT2D eigenvalue weighted by Crippen LogP contribution is -2.20. The Kier molecular flexibility index (Phi) is 32.0. The van der Waals surface area contributed by atoms with Gasteiger partial charge in [0, 0.05) is 13.7 Å². The lowest BCUT2D eigenvalue weighted by atomic mass is 9.94. The molecular formula is C33H68N2O3. The Morgan fingerprint density at radius 2 is 0.921 bits per heavy atom. The van der Waals surface area contributed by atoms with Crippen LogP contribution >= 0.6 is 0 Å². The van der Waals surface area contributed by atoms with Gasteiger partial charge in [-0.3, -0.25) is 4.79 Å². The molecule has 0 aromatic carbocycles. The van der Waals surface area contributed by atoms with Crippen LogP contribution in [0.2, 0.25) is 0 Å². The molecule has 2 N–H and O–H groups in total. The van der Waals surface area contributed by atoms with Gasteiger partial charge in [0.15, 0.2) is 0 Å². The van der Waals surface area contributed by atoms with E-state index in [1.165, 1.54) is 116 Å². The molecule has 5 nitrogen and oxygen atoms in total. The highest BCUT2D eigenvalue weighted by atomic mass is 16.5. The summed E-state index contributed by atoms with van der Waals surface area (Å²) in [5, 5.41) is 7.14. The number of ether oxygens (including phenoxy) is 2.